The highest BCUT2D eigenvalue weighted by atomic mass is 35.5. The van der Waals surface area contributed by atoms with Crippen LogP contribution in [0.2, 0.25) is 5.02 Å². The topological polar surface area (TPSA) is 80.0 Å². The van der Waals surface area contributed by atoms with Gasteiger partial charge in [-0.1, -0.05) is 36.6 Å². The Morgan fingerprint density at radius 1 is 1.14 bits per heavy atom. The van der Waals surface area contributed by atoms with Gasteiger partial charge in [-0.3, -0.25) is 4.79 Å². The molecule has 7 heteroatoms. The minimum atomic E-state index is -0.777. The summed E-state index contributed by atoms with van der Waals surface area (Å²) in [6.07, 6.45) is 3.43. The van der Waals surface area contributed by atoms with E-state index in [9.17, 15) is 14.7 Å². The molecule has 0 bridgehead atoms. The number of carbonyl (C=O) groups is 1. The van der Waals surface area contributed by atoms with E-state index >= 15 is 0 Å². The van der Waals surface area contributed by atoms with Gasteiger partial charge in [-0.05, 0) is 87.9 Å². The van der Waals surface area contributed by atoms with E-state index in [4.69, 9.17) is 20.8 Å². The molecule has 2 aliphatic rings. The number of likely N-dealkylation sites (tertiary alicyclic amines) is 1. The molecule has 1 N–H and O–H groups in total. The first kappa shape index (κ1) is 25.8. The second kappa shape index (κ2) is 9.80. The van der Waals surface area contributed by atoms with E-state index in [1.54, 1.807) is 13.8 Å². The van der Waals surface area contributed by atoms with Crippen LogP contribution in [-0.2, 0) is 4.79 Å². The predicted molar refractivity (Wildman–Crippen MR) is 144 cm³/mol. The van der Waals surface area contributed by atoms with Crippen molar-refractivity contribution in [2.45, 2.75) is 77.5 Å². The van der Waals surface area contributed by atoms with Crippen LogP contribution in [0.15, 0.2) is 45.6 Å². The molecule has 5 rings (SSSR count). The van der Waals surface area contributed by atoms with Crippen LogP contribution in [0.3, 0.4) is 0 Å². The largest absolute Gasteiger partial charge is 0.480 e. The Hall–Kier alpha value is -2.83. The van der Waals surface area contributed by atoms with E-state index in [-0.39, 0.29) is 23.5 Å². The maximum atomic E-state index is 14.0. The average molecular weight is 524 g/mol. The Balaban J connectivity index is 1.50. The lowest BCUT2D eigenvalue weighted by molar-refractivity contribution is -0.161. The van der Waals surface area contributed by atoms with Gasteiger partial charge in [0.2, 0.25) is 0 Å². The fraction of sp³-hybridized carbons (Fsp3) is 0.467. The highest BCUT2D eigenvalue weighted by molar-refractivity contribution is 6.30. The molecule has 1 saturated heterocycles. The number of benzene rings is 2. The van der Waals surface area contributed by atoms with E-state index in [1.165, 1.54) is 0 Å². The smallest absolute Gasteiger partial charge is 0.339 e. The molecule has 4 atom stereocenters. The minimum absolute atomic E-state index is 0.0497. The van der Waals surface area contributed by atoms with Crippen LogP contribution in [0.4, 0.5) is 0 Å². The number of hydrogen-bond acceptors (Lipinski definition) is 5. The molecule has 1 saturated carbocycles. The first-order valence-corrected chi connectivity index (χ1v) is 13.5. The van der Waals surface area contributed by atoms with Crippen molar-refractivity contribution >= 4 is 28.5 Å². The lowest BCUT2D eigenvalue weighted by Crippen LogP contribution is -2.58. The maximum Gasteiger partial charge on any atom is 0.339 e. The first-order chi connectivity index (χ1) is 17.6. The molecule has 2 fully saturated rings. The lowest BCUT2D eigenvalue weighted by atomic mass is 9.66. The van der Waals surface area contributed by atoms with Gasteiger partial charge in [0.05, 0.1) is 17.0 Å². The second-order valence-corrected chi connectivity index (χ2v) is 11.2. The van der Waals surface area contributed by atoms with Crippen molar-refractivity contribution < 1.29 is 19.1 Å². The summed E-state index contributed by atoms with van der Waals surface area (Å²) >= 11 is 6.17. The standard InChI is InChI=1S/C30H34ClNO5/c1-17-15-24(26-18(2)19(3)29(34)37-25(26)16-17)36-20(4)28(33)32-14-13-30(35)12-6-5-7-23(30)27(32)21-8-10-22(31)11-9-21/h8-11,15-16,20,23,27,35H,5-7,12-14H2,1-4H3/t20-,23+,27+,30+/m1/s1. The van der Waals surface area contributed by atoms with E-state index in [0.29, 0.717) is 40.3 Å². The van der Waals surface area contributed by atoms with Gasteiger partial charge in [0.1, 0.15) is 11.3 Å². The van der Waals surface area contributed by atoms with Crippen molar-refractivity contribution in [2.24, 2.45) is 5.92 Å². The average Bonchev–Trinajstić information content (AvgIpc) is 2.86. The van der Waals surface area contributed by atoms with Crippen molar-refractivity contribution in [3.05, 3.63) is 74.1 Å². The predicted octanol–water partition coefficient (Wildman–Crippen LogP) is 6.03. The Bertz CT molecular complexity index is 1400. The van der Waals surface area contributed by atoms with Gasteiger partial charge in [-0.15, -0.1) is 0 Å². The highest BCUT2D eigenvalue weighted by Crippen LogP contribution is 2.49. The van der Waals surface area contributed by atoms with E-state index in [1.807, 2.05) is 55.1 Å². The van der Waals surface area contributed by atoms with Crippen LogP contribution < -0.4 is 10.4 Å². The molecule has 37 heavy (non-hydrogen) atoms. The normalized spacial score (nSPS) is 24.5. The van der Waals surface area contributed by atoms with Crippen molar-refractivity contribution in [3.63, 3.8) is 0 Å². The van der Waals surface area contributed by atoms with Gasteiger partial charge >= 0.3 is 5.63 Å². The third kappa shape index (κ3) is 4.66. The SMILES string of the molecule is Cc1cc(O[C@H](C)C(=O)N2CC[C@@]3(O)CCCC[C@H]3[C@@H]2c2ccc(Cl)cc2)c2c(C)c(C)c(=O)oc2c1. The van der Waals surface area contributed by atoms with Gasteiger partial charge in [0.15, 0.2) is 6.10 Å². The summed E-state index contributed by atoms with van der Waals surface area (Å²) in [6, 6.07) is 11.0. The number of nitrogens with zero attached hydrogens (tertiary/aromatic N) is 1. The summed E-state index contributed by atoms with van der Waals surface area (Å²) in [6.45, 7) is 7.72. The number of rotatable bonds is 4. The Morgan fingerprint density at radius 2 is 1.86 bits per heavy atom. The molecule has 2 aromatic carbocycles. The Kier molecular flexibility index (Phi) is 6.84. The van der Waals surface area contributed by atoms with Crippen LogP contribution in [0.25, 0.3) is 11.0 Å². The number of ether oxygens (including phenoxy) is 1. The molecule has 0 spiro atoms. The van der Waals surface area contributed by atoms with E-state index in [2.05, 4.69) is 0 Å². The quantitative estimate of drug-likeness (QED) is 0.422. The van der Waals surface area contributed by atoms with Crippen LogP contribution in [0, 0.1) is 26.7 Å². The Labute approximate surface area is 222 Å². The molecule has 2 heterocycles. The van der Waals surface area contributed by atoms with Crippen LogP contribution >= 0.6 is 11.6 Å². The molecule has 1 aromatic heterocycles. The van der Waals surface area contributed by atoms with E-state index < -0.39 is 11.7 Å². The van der Waals surface area contributed by atoms with Gasteiger partial charge in [0.25, 0.3) is 5.91 Å². The maximum absolute atomic E-state index is 14.0. The number of halogens is 1. The zero-order valence-electron chi connectivity index (χ0n) is 21.8. The van der Waals surface area contributed by atoms with Crippen molar-refractivity contribution in [3.8, 4) is 5.75 Å². The number of aliphatic hydroxyl groups is 1. The number of amides is 1. The highest BCUT2D eigenvalue weighted by Gasteiger charge is 2.50. The fourth-order valence-electron chi connectivity index (χ4n) is 6.26. The fourth-order valence-corrected chi connectivity index (χ4v) is 6.38. The van der Waals surface area contributed by atoms with E-state index in [0.717, 1.165) is 42.4 Å². The monoisotopic (exact) mass is 523 g/mol. The van der Waals surface area contributed by atoms with Crippen molar-refractivity contribution in [1.82, 2.24) is 4.90 Å². The van der Waals surface area contributed by atoms with Crippen molar-refractivity contribution in [1.29, 1.82) is 0 Å². The van der Waals surface area contributed by atoms with Crippen molar-refractivity contribution in [2.75, 3.05) is 6.54 Å². The molecular weight excluding hydrogens is 490 g/mol. The molecule has 0 unspecified atom stereocenters. The van der Waals surface area contributed by atoms with Crippen LogP contribution in [0.1, 0.15) is 67.3 Å². The minimum Gasteiger partial charge on any atom is -0.480 e. The zero-order valence-corrected chi connectivity index (χ0v) is 22.6. The number of fused-ring (bicyclic) bond motifs is 2. The summed E-state index contributed by atoms with van der Waals surface area (Å²) in [4.78, 5) is 28.1. The molecule has 0 radical (unpaired) electrons. The molecule has 6 nitrogen and oxygen atoms in total. The zero-order chi connectivity index (χ0) is 26.5. The number of piperidine rings is 1. The van der Waals surface area contributed by atoms with Crippen LogP contribution in [0.5, 0.6) is 5.75 Å². The third-order valence-electron chi connectivity index (χ3n) is 8.37. The molecular formula is C30H34ClNO5. The van der Waals surface area contributed by atoms with Crippen LogP contribution in [-0.4, -0.2) is 34.2 Å². The molecule has 1 aliphatic heterocycles. The molecule has 196 valence electrons. The summed E-state index contributed by atoms with van der Waals surface area (Å²) in [5.74, 6) is 0.342. The molecule has 3 aromatic rings. The number of carbonyl (C=O) groups excluding carboxylic acids is 1. The first-order valence-electron chi connectivity index (χ1n) is 13.1. The molecule has 1 amide bonds. The summed E-state index contributed by atoms with van der Waals surface area (Å²) in [5, 5.41) is 12.9. The summed E-state index contributed by atoms with van der Waals surface area (Å²) in [5.41, 5.74) is 2.46. The van der Waals surface area contributed by atoms with Gasteiger partial charge in [-0.2, -0.15) is 0 Å². The number of hydrogen-bond donors (Lipinski definition) is 1. The van der Waals surface area contributed by atoms with Gasteiger partial charge in [-0.25, -0.2) is 4.79 Å². The number of aryl methyl sites for hydroxylation is 2. The summed E-state index contributed by atoms with van der Waals surface area (Å²) in [7, 11) is 0. The Morgan fingerprint density at radius 3 is 2.59 bits per heavy atom. The van der Waals surface area contributed by atoms with Gasteiger partial charge in [0, 0.05) is 23.0 Å². The lowest BCUT2D eigenvalue weighted by Gasteiger charge is -2.53. The third-order valence-corrected chi connectivity index (χ3v) is 8.62. The molecule has 1 aliphatic carbocycles. The second-order valence-electron chi connectivity index (χ2n) is 10.8. The van der Waals surface area contributed by atoms with Gasteiger partial charge < -0.3 is 19.2 Å². The summed E-state index contributed by atoms with van der Waals surface area (Å²) < 4.78 is 11.9.